The van der Waals surface area contributed by atoms with Crippen LogP contribution in [0.5, 0.6) is 0 Å². The van der Waals surface area contributed by atoms with Crippen molar-refractivity contribution < 1.29 is 14.7 Å². The van der Waals surface area contributed by atoms with Gasteiger partial charge in [-0.1, -0.05) is 6.42 Å². The van der Waals surface area contributed by atoms with E-state index >= 15 is 0 Å². The Bertz CT molecular complexity index is 668. The van der Waals surface area contributed by atoms with Crippen LogP contribution in [0.15, 0.2) is 12.7 Å². The van der Waals surface area contributed by atoms with Crippen LogP contribution in [0.2, 0.25) is 0 Å². The van der Waals surface area contributed by atoms with E-state index in [1.165, 1.54) is 12.7 Å². The number of fused-ring (bicyclic) bond motifs is 1. The van der Waals surface area contributed by atoms with Gasteiger partial charge in [-0.2, -0.15) is 0 Å². The Kier molecular flexibility index (Phi) is 3.05. The van der Waals surface area contributed by atoms with Crippen LogP contribution in [0.1, 0.15) is 19.3 Å². The lowest BCUT2D eigenvalue weighted by atomic mass is 9.95. The first kappa shape index (κ1) is 12.5. The number of carboxylic acid groups (broad SMARTS) is 1. The minimum atomic E-state index is -0.919. The standard InChI is InChI=1S/C12H13N5O3/c18-11(6-2-1-3-7(6)12(19)20)17-10-8-9(14-4-13-8)15-5-16-10/h4-7H,1-3H2,(H,19,20)(H2,13,14,15,16,17,18). The van der Waals surface area contributed by atoms with Gasteiger partial charge >= 0.3 is 5.97 Å². The molecule has 3 N–H and O–H groups in total. The zero-order chi connectivity index (χ0) is 14.1. The fraction of sp³-hybridized carbons (Fsp3) is 0.417. The highest BCUT2D eigenvalue weighted by Gasteiger charge is 2.38. The van der Waals surface area contributed by atoms with Crippen molar-refractivity contribution in [1.82, 2.24) is 19.9 Å². The summed E-state index contributed by atoms with van der Waals surface area (Å²) in [7, 11) is 0. The summed E-state index contributed by atoms with van der Waals surface area (Å²) in [6, 6.07) is 0. The second kappa shape index (κ2) is 4.87. The SMILES string of the molecule is O=C(O)C1CCCC1C(=O)Nc1ncnc2nc[nH]c12. The molecule has 0 bridgehead atoms. The van der Waals surface area contributed by atoms with Gasteiger partial charge < -0.3 is 15.4 Å². The van der Waals surface area contributed by atoms with Crippen LogP contribution in [0.3, 0.4) is 0 Å². The predicted octanol–water partition coefficient (Wildman–Crippen LogP) is 0.792. The van der Waals surface area contributed by atoms with Crippen molar-refractivity contribution in [1.29, 1.82) is 0 Å². The fourth-order valence-electron chi connectivity index (χ4n) is 2.64. The van der Waals surface area contributed by atoms with Gasteiger partial charge in [-0.05, 0) is 12.8 Å². The number of imidazole rings is 1. The third-order valence-corrected chi connectivity index (χ3v) is 3.63. The molecule has 20 heavy (non-hydrogen) atoms. The molecule has 0 aliphatic heterocycles. The first-order chi connectivity index (χ1) is 9.66. The Morgan fingerprint density at radius 1 is 1.25 bits per heavy atom. The van der Waals surface area contributed by atoms with E-state index in [1.807, 2.05) is 0 Å². The van der Waals surface area contributed by atoms with E-state index in [9.17, 15) is 9.59 Å². The molecule has 0 saturated heterocycles. The van der Waals surface area contributed by atoms with E-state index in [0.29, 0.717) is 29.8 Å². The number of anilines is 1. The monoisotopic (exact) mass is 275 g/mol. The summed E-state index contributed by atoms with van der Waals surface area (Å²) in [5, 5.41) is 11.8. The van der Waals surface area contributed by atoms with Gasteiger partial charge in [-0.3, -0.25) is 9.59 Å². The largest absolute Gasteiger partial charge is 0.481 e. The molecule has 0 spiro atoms. The van der Waals surface area contributed by atoms with Crippen molar-refractivity contribution in [2.45, 2.75) is 19.3 Å². The first-order valence-electron chi connectivity index (χ1n) is 6.34. The summed E-state index contributed by atoms with van der Waals surface area (Å²) >= 11 is 0. The van der Waals surface area contributed by atoms with Crippen LogP contribution < -0.4 is 5.32 Å². The molecule has 1 fully saturated rings. The summed E-state index contributed by atoms with van der Waals surface area (Å²) < 4.78 is 0. The summed E-state index contributed by atoms with van der Waals surface area (Å²) in [5.74, 6) is -2.04. The van der Waals surface area contributed by atoms with Crippen molar-refractivity contribution in [3.05, 3.63) is 12.7 Å². The van der Waals surface area contributed by atoms with Crippen molar-refractivity contribution >= 4 is 28.9 Å². The number of carbonyl (C=O) groups excluding carboxylic acids is 1. The van der Waals surface area contributed by atoms with Crippen LogP contribution in [-0.4, -0.2) is 36.9 Å². The third-order valence-electron chi connectivity index (χ3n) is 3.63. The number of nitrogens with zero attached hydrogens (tertiary/aromatic N) is 3. The van der Waals surface area contributed by atoms with Crippen molar-refractivity contribution in [2.24, 2.45) is 11.8 Å². The second-order valence-corrected chi connectivity index (χ2v) is 4.79. The number of carboxylic acids is 1. The van der Waals surface area contributed by atoms with Crippen molar-refractivity contribution in [2.75, 3.05) is 5.32 Å². The highest BCUT2D eigenvalue weighted by Crippen LogP contribution is 2.33. The number of amides is 1. The third kappa shape index (κ3) is 2.09. The lowest BCUT2D eigenvalue weighted by molar-refractivity contribution is -0.145. The Morgan fingerprint density at radius 2 is 2.05 bits per heavy atom. The molecule has 2 aromatic heterocycles. The minimum Gasteiger partial charge on any atom is -0.481 e. The van der Waals surface area contributed by atoms with Crippen LogP contribution in [0, 0.1) is 11.8 Å². The van der Waals surface area contributed by atoms with Crippen LogP contribution in [-0.2, 0) is 9.59 Å². The molecule has 8 heteroatoms. The molecule has 2 unspecified atom stereocenters. The minimum absolute atomic E-state index is 0.315. The van der Waals surface area contributed by atoms with Crippen molar-refractivity contribution in [3.63, 3.8) is 0 Å². The van der Waals surface area contributed by atoms with Gasteiger partial charge in [0.2, 0.25) is 5.91 Å². The summed E-state index contributed by atoms with van der Waals surface area (Å²) in [6.45, 7) is 0. The van der Waals surface area contributed by atoms with Gasteiger partial charge in [0.1, 0.15) is 11.8 Å². The number of rotatable bonds is 3. The van der Waals surface area contributed by atoms with Crippen molar-refractivity contribution in [3.8, 4) is 0 Å². The van der Waals surface area contributed by atoms with Gasteiger partial charge in [0.25, 0.3) is 0 Å². The summed E-state index contributed by atoms with van der Waals surface area (Å²) in [6.07, 6.45) is 4.64. The van der Waals surface area contributed by atoms with E-state index in [0.717, 1.165) is 6.42 Å². The molecule has 1 aliphatic rings. The van der Waals surface area contributed by atoms with Crippen LogP contribution in [0.25, 0.3) is 11.2 Å². The Morgan fingerprint density at radius 3 is 2.85 bits per heavy atom. The number of hydrogen-bond donors (Lipinski definition) is 3. The maximum atomic E-state index is 12.2. The maximum Gasteiger partial charge on any atom is 0.307 e. The number of aliphatic carboxylic acids is 1. The Hall–Kier alpha value is -2.51. The molecule has 1 amide bonds. The van der Waals surface area contributed by atoms with E-state index in [2.05, 4.69) is 25.3 Å². The molecule has 3 rings (SSSR count). The van der Waals surface area contributed by atoms with E-state index in [1.54, 1.807) is 0 Å². The quantitative estimate of drug-likeness (QED) is 0.761. The second-order valence-electron chi connectivity index (χ2n) is 4.79. The van der Waals surface area contributed by atoms with Crippen LogP contribution in [0.4, 0.5) is 5.82 Å². The summed E-state index contributed by atoms with van der Waals surface area (Å²) in [4.78, 5) is 38.1. The Balaban J connectivity index is 1.82. The van der Waals surface area contributed by atoms with Gasteiger partial charge in [-0.25, -0.2) is 15.0 Å². The normalized spacial score (nSPS) is 22.0. The highest BCUT2D eigenvalue weighted by atomic mass is 16.4. The predicted molar refractivity (Wildman–Crippen MR) is 68.8 cm³/mol. The van der Waals surface area contributed by atoms with Crippen LogP contribution >= 0.6 is 0 Å². The molecule has 8 nitrogen and oxygen atoms in total. The molecule has 2 atom stereocenters. The van der Waals surface area contributed by atoms with E-state index in [-0.39, 0.29) is 5.91 Å². The molecular weight excluding hydrogens is 262 g/mol. The van der Waals surface area contributed by atoms with E-state index in [4.69, 9.17) is 5.11 Å². The lowest BCUT2D eigenvalue weighted by Gasteiger charge is -2.15. The highest BCUT2D eigenvalue weighted by molar-refractivity contribution is 5.99. The smallest absolute Gasteiger partial charge is 0.307 e. The molecule has 104 valence electrons. The zero-order valence-corrected chi connectivity index (χ0v) is 10.5. The maximum absolute atomic E-state index is 12.2. The molecule has 1 aliphatic carbocycles. The topological polar surface area (TPSA) is 121 Å². The Labute approximate surface area is 113 Å². The number of aromatic nitrogens is 4. The molecule has 0 aromatic carbocycles. The molecule has 2 aromatic rings. The number of H-pyrrole nitrogens is 1. The average molecular weight is 275 g/mol. The lowest BCUT2D eigenvalue weighted by Crippen LogP contribution is -2.30. The molecule has 0 radical (unpaired) electrons. The van der Waals surface area contributed by atoms with E-state index < -0.39 is 17.8 Å². The van der Waals surface area contributed by atoms with Gasteiger partial charge in [-0.15, -0.1) is 0 Å². The van der Waals surface area contributed by atoms with Gasteiger partial charge in [0.05, 0.1) is 18.2 Å². The molecular formula is C12H13N5O3. The number of carbonyl (C=O) groups is 2. The van der Waals surface area contributed by atoms with Gasteiger partial charge in [0, 0.05) is 0 Å². The molecule has 1 saturated carbocycles. The zero-order valence-electron chi connectivity index (χ0n) is 10.5. The summed E-state index contributed by atoms with van der Waals surface area (Å²) in [5.41, 5.74) is 0.988. The molecule has 2 heterocycles. The van der Waals surface area contributed by atoms with Gasteiger partial charge in [0.15, 0.2) is 11.5 Å². The number of nitrogens with one attached hydrogen (secondary N) is 2. The number of aromatic amines is 1. The number of hydrogen-bond acceptors (Lipinski definition) is 5. The fourth-order valence-corrected chi connectivity index (χ4v) is 2.64. The first-order valence-corrected chi connectivity index (χ1v) is 6.34. The average Bonchev–Trinajstić information content (AvgIpc) is 3.08.